The Labute approximate surface area is 208 Å². The summed E-state index contributed by atoms with van der Waals surface area (Å²) < 4.78 is 11.3. The average Bonchev–Trinajstić information content (AvgIpc) is 3.51. The second kappa shape index (κ2) is 9.92. The van der Waals surface area contributed by atoms with E-state index in [1.807, 2.05) is 37.3 Å². The number of amides is 1. The van der Waals surface area contributed by atoms with Crippen LogP contribution in [0.3, 0.4) is 0 Å². The van der Waals surface area contributed by atoms with Crippen molar-refractivity contribution in [1.82, 2.24) is 9.88 Å². The van der Waals surface area contributed by atoms with Crippen LogP contribution in [-0.4, -0.2) is 26.7 Å². The Balaban J connectivity index is 1.50. The third-order valence-corrected chi connectivity index (χ3v) is 6.10. The number of ketones is 1. The third kappa shape index (κ3) is 4.51. The number of pyridine rings is 1. The van der Waals surface area contributed by atoms with Gasteiger partial charge in [-0.25, -0.2) is 0 Å². The van der Waals surface area contributed by atoms with Crippen molar-refractivity contribution >= 4 is 17.4 Å². The first-order chi connectivity index (χ1) is 17.5. The quantitative estimate of drug-likeness (QED) is 0.222. The largest absolute Gasteiger partial charge is 0.507 e. The smallest absolute Gasteiger partial charge is 0.296 e. The number of aromatic nitrogens is 1. The molecule has 36 heavy (non-hydrogen) atoms. The number of aliphatic hydroxyl groups excluding tert-OH is 1. The van der Waals surface area contributed by atoms with Crippen LogP contribution < -0.4 is 4.74 Å². The maximum absolute atomic E-state index is 13.2. The number of hydrogen-bond donors (Lipinski definition) is 1. The van der Waals surface area contributed by atoms with Gasteiger partial charge in [0.1, 0.15) is 29.9 Å². The zero-order chi connectivity index (χ0) is 25.1. The van der Waals surface area contributed by atoms with Crippen molar-refractivity contribution in [3.63, 3.8) is 0 Å². The topological polar surface area (TPSA) is 92.9 Å². The highest BCUT2D eigenvalue weighted by Crippen LogP contribution is 2.40. The monoisotopic (exact) mass is 480 g/mol. The molecule has 1 amide bonds. The molecule has 0 aliphatic carbocycles. The van der Waals surface area contributed by atoms with Crippen LogP contribution in [0.15, 0.2) is 101 Å². The lowest BCUT2D eigenvalue weighted by molar-refractivity contribution is -0.140. The highest BCUT2D eigenvalue weighted by atomic mass is 16.5. The SMILES string of the molecule is Cc1cc(/C(O)=C2/C(=O)C(=O)N(Cc3ccco3)C2c2ccccn2)ccc1OCc1ccccc1. The highest BCUT2D eigenvalue weighted by molar-refractivity contribution is 6.46. The molecule has 1 N–H and O–H groups in total. The summed E-state index contributed by atoms with van der Waals surface area (Å²) in [5.74, 6) is -0.563. The summed E-state index contributed by atoms with van der Waals surface area (Å²) in [6, 6.07) is 22.8. The van der Waals surface area contributed by atoms with E-state index in [4.69, 9.17) is 9.15 Å². The minimum Gasteiger partial charge on any atom is -0.507 e. The first-order valence-corrected chi connectivity index (χ1v) is 11.5. The van der Waals surface area contributed by atoms with E-state index in [0.717, 1.165) is 11.1 Å². The highest BCUT2D eigenvalue weighted by Gasteiger charge is 2.47. The summed E-state index contributed by atoms with van der Waals surface area (Å²) in [4.78, 5) is 32.0. The zero-order valence-electron chi connectivity index (χ0n) is 19.6. The van der Waals surface area contributed by atoms with Gasteiger partial charge in [0.05, 0.1) is 24.1 Å². The van der Waals surface area contributed by atoms with Gasteiger partial charge in [0, 0.05) is 11.8 Å². The Morgan fingerprint density at radius 2 is 1.83 bits per heavy atom. The molecule has 0 bridgehead atoms. The molecule has 3 heterocycles. The maximum Gasteiger partial charge on any atom is 0.296 e. The van der Waals surface area contributed by atoms with Crippen molar-refractivity contribution in [2.75, 3.05) is 0 Å². The third-order valence-electron chi connectivity index (χ3n) is 6.10. The molecule has 4 aromatic rings. The van der Waals surface area contributed by atoms with Crippen LogP contribution >= 0.6 is 0 Å². The molecular weight excluding hydrogens is 456 g/mol. The number of benzene rings is 2. The lowest BCUT2D eigenvalue weighted by atomic mass is 9.97. The average molecular weight is 481 g/mol. The van der Waals surface area contributed by atoms with Crippen LogP contribution in [0.1, 0.15) is 34.2 Å². The second-order valence-corrected chi connectivity index (χ2v) is 8.52. The fraction of sp³-hybridized carbons (Fsp3) is 0.138. The summed E-state index contributed by atoms with van der Waals surface area (Å²) in [6.07, 6.45) is 3.09. The van der Waals surface area contributed by atoms with Crippen molar-refractivity contribution < 1.29 is 23.8 Å². The molecule has 2 aromatic carbocycles. The first-order valence-electron chi connectivity index (χ1n) is 11.5. The number of carbonyl (C=O) groups is 2. The number of aryl methyl sites for hydroxylation is 1. The van der Waals surface area contributed by atoms with Gasteiger partial charge in [-0.2, -0.15) is 0 Å². The molecule has 1 fully saturated rings. The van der Waals surface area contributed by atoms with Gasteiger partial charge in [-0.15, -0.1) is 0 Å². The summed E-state index contributed by atoms with van der Waals surface area (Å²) >= 11 is 0. The molecular formula is C29H24N2O5. The van der Waals surface area contributed by atoms with E-state index < -0.39 is 17.7 Å². The van der Waals surface area contributed by atoms with Gasteiger partial charge in [-0.05, 0) is 60.5 Å². The lowest BCUT2D eigenvalue weighted by Crippen LogP contribution is -2.29. The summed E-state index contributed by atoms with van der Waals surface area (Å²) in [5.41, 5.74) is 2.70. The Morgan fingerprint density at radius 3 is 2.53 bits per heavy atom. The molecule has 0 radical (unpaired) electrons. The number of carbonyl (C=O) groups excluding carboxylic acids is 2. The van der Waals surface area contributed by atoms with E-state index >= 15 is 0 Å². The summed E-state index contributed by atoms with van der Waals surface area (Å²) in [6.45, 7) is 2.34. The van der Waals surface area contributed by atoms with Crippen LogP contribution in [0.2, 0.25) is 0 Å². The van der Waals surface area contributed by atoms with Gasteiger partial charge >= 0.3 is 0 Å². The molecule has 1 unspecified atom stereocenters. The fourth-order valence-corrected chi connectivity index (χ4v) is 4.31. The number of ether oxygens (including phenoxy) is 1. The number of likely N-dealkylation sites (tertiary alicyclic amines) is 1. The van der Waals surface area contributed by atoms with Crippen molar-refractivity contribution in [3.8, 4) is 5.75 Å². The van der Waals surface area contributed by atoms with Crippen LogP contribution in [0.25, 0.3) is 5.76 Å². The number of hydrogen-bond acceptors (Lipinski definition) is 6. The molecule has 1 aliphatic rings. The zero-order valence-corrected chi connectivity index (χ0v) is 19.6. The van der Waals surface area contributed by atoms with Crippen LogP contribution in [0.4, 0.5) is 0 Å². The standard InChI is InChI=1S/C29H24N2O5/c1-19-16-21(12-13-24(19)36-18-20-8-3-2-4-9-20)27(32)25-26(23-11-5-6-14-30-23)31(29(34)28(25)33)17-22-10-7-15-35-22/h2-16,26,32H,17-18H2,1H3/b27-25-. The fourth-order valence-electron chi connectivity index (χ4n) is 4.31. The number of nitrogens with zero attached hydrogens (tertiary/aromatic N) is 2. The molecule has 180 valence electrons. The Morgan fingerprint density at radius 1 is 1.03 bits per heavy atom. The number of furan rings is 1. The summed E-state index contributed by atoms with van der Waals surface area (Å²) in [7, 11) is 0. The number of aliphatic hydroxyl groups is 1. The van der Waals surface area contributed by atoms with E-state index in [1.54, 1.807) is 54.7 Å². The van der Waals surface area contributed by atoms with Gasteiger partial charge in [0.25, 0.3) is 11.7 Å². The number of rotatable bonds is 7. The van der Waals surface area contributed by atoms with E-state index in [-0.39, 0.29) is 17.9 Å². The maximum atomic E-state index is 13.2. The van der Waals surface area contributed by atoms with E-state index in [1.165, 1.54) is 11.2 Å². The van der Waals surface area contributed by atoms with Gasteiger partial charge in [-0.3, -0.25) is 14.6 Å². The Hall–Kier alpha value is -4.65. The van der Waals surface area contributed by atoms with Crippen LogP contribution in [0.5, 0.6) is 5.75 Å². The minimum absolute atomic E-state index is 0.0115. The predicted molar refractivity (Wildman–Crippen MR) is 133 cm³/mol. The van der Waals surface area contributed by atoms with Gasteiger partial charge in [-0.1, -0.05) is 36.4 Å². The van der Waals surface area contributed by atoms with E-state index in [0.29, 0.717) is 29.4 Å². The van der Waals surface area contributed by atoms with Crippen molar-refractivity contribution in [3.05, 3.63) is 125 Å². The van der Waals surface area contributed by atoms with Crippen LogP contribution in [-0.2, 0) is 22.7 Å². The molecule has 7 nitrogen and oxygen atoms in total. The van der Waals surface area contributed by atoms with E-state index in [2.05, 4.69) is 4.98 Å². The Bertz CT molecular complexity index is 1410. The van der Waals surface area contributed by atoms with E-state index in [9.17, 15) is 14.7 Å². The molecule has 7 heteroatoms. The lowest BCUT2D eigenvalue weighted by Gasteiger charge is -2.23. The summed E-state index contributed by atoms with van der Waals surface area (Å²) in [5, 5.41) is 11.3. The predicted octanol–water partition coefficient (Wildman–Crippen LogP) is 5.18. The van der Waals surface area contributed by atoms with Gasteiger partial charge < -0.3 is 19.2 Å². The van der Waals surface area contributed by atoms with Gasteiger partial charge in [0.15, 0.2) is 0 Å². The normalized spacial score (nSPS) is 16.9. The molecule has 1 atom stereocenters. The second-order valence-electron chi connectivity index (χ2n) is 8.52. The molecule has 0 spiro atoms. The van der Waals surface area contributed by atoms with Gasteiger partial charge in [0.2, 0.25) is 0 Å². The molecule has 1 saturated heterocycles. The molecule has 5 rings (SSSR count). The van der Waals surface area contributed by atoms with Crippen molar-refractivity contribution in [2.24, 2.45) is 0 Å². The van der Waals surface area contributed by atoms with Crippen LogP contribution in [0, 0.1) is 6.92 Å². The Kier molecular flexibility index (Phi) is 6.36. The van der Waals surface area contributed by atoms with Crippen molar-refractivity contribution in [2.45, 2.75) is 26.1 Å². The number of Topliss-reactive ketones (excluding diaryl/α,β-unsaturated/α-hetero) is 1. The minimum atomic E-state index is -0.856. The van der Waals surface area contributed by atoms with Crippen molar-refractivity contribution in [1.29, 1.82) is 0 Å². The molecule has 1 aliphatic heterocycles. The first kappa shape index (κ1) is 23.1. The molecule has 2 aromatic heterocycles. The molecule has 0 saturated carbocycles.